The molecule has 0 saturated carbocycles. The lowest BCUT2D eigenvalue weighted by Crippen LogP contribution is -2.47. The van der Waals surface area contributed by atoms with E-state index in [0.717, 1.165) is 27.7 Å². The van der Waals surface area contributed by atoms with Gasteiger partial charge in [-0.2, -0.15) is 0 Å². The van der Waals surface area contributed by atoms with Crippen LogP contribution in [0.5, 0.6) is 0 Å². The zero-order chi connectivity index (χ0) is 22.3. The van der Waals surface area contributed by atoms with Crippen LogP contribution in [0.4, 0.5) is 11.4 Å². The third-order valence-electron chi connectivity index (χ3n) is 5.57. The quantitative estimate of drug-likeness (QED) is 0.514. The van der Waals surface area contributed by atoms with Crippen LogP contribution < -0.4 is 9.62 Å². The first kappa shape index (κ1) is 20.1. The van der Waals surface area contributed by atoms with Crippen molar-refractivity contribution in [1.82, 2.24) is 9.97 Å². The Bertz CT molecular complexity index is 1450. The number of carbonyl (C=O) groups excluding carboxylic acids is 1. The minimum atomic E-state index is -3.18. The van der Waals surface area contributed by atoms with Crippen LogP contribution in [0.2, 0.25) is 0 Å². The maximum atomic E-state index is 12.7. The number of aryl methyl sites for hydroxylation is 1. The van der Waals surface area contributed by atoms with E-state index in [9.17, 15) is 13.2 Å². The van der Waals surface area contributed by atoms with E-state index in [4.69, 9.17) is 4.98 Å². The van der Waals surface area contributed by atoms with Crippen LogP contribution in [0.15, 0.2) is 73.1 Å². The molecule has 32 heavy (non-hydrogen) atoms. The lowest BCUT2D eigenvalue weighted by atomic mass is 10.0. The Hall–Kier alpha value is -3.78. The summed E-state index contributed by atoms with van der Waals surface area (Å²) in [6.45, 7) is 2.47. The minimum absolute atomic E-state index is 0.161. The standard InChI is InChI=1S/C24H20N4O3S/c1-16-2-6-19(14-21(16)23-9-5-18-15-25-11-10-22(18)27-23)26-24(29)17-3-7-20(8-4-17)28-12-13-32(28,30)31/h2-11,14-15H,12-13H2,1H3,(H,26,29). The van der Waals surface area contributed by atoms with Crippen molar-refractivity contribution in [3.63, 3.8) is 0 Å². The molecule has 2 aromatic heterocycles. The van der Waals surface area contributed by atoms with Gasteiger partial charge in [-0.05, 0) is 67.1 Å². The number of hydrogen-bond acceptors (Lipinski definition) is 5. The minimum Gasteiger partial charge on any atom is -0.322 e. The summed E-state index contributed by atoms with van der Waals surface area (Å²) < 4.78 is 24.9. The molecule has 0 aliphatic carbocycles. The van der Waals surface area contributed by atoms with E-state index < -0.39 is 10.0 Å². The van der Waals surface area contributed by atoms with Gasteiger partial charge in [0, 0.05) is 41.1 Å². The van der Waals surface area contributed by atoms with Gasteiger partial charge in [-0.1, -0.05) is 6.07 Å². The number of fused-ring (bicyclic) bond motifs is 1. The van der Waals surface area contributed by atoms with Crippen molar-refractivity contribution in [2.45, 2.75) is 6.92 Å². The Morgan fingerprint density at radius 1 is 1.03 bits per heavy atom. The average Bonchev–Trinajstić information content (AvgIpc) is 2.80. The van der Waals surface area contributed by atoms with Gasteiger partial charge >= 0.3 is 0 Å². The molecule has 0 spiro atoms. The summed E-state index contributed by atoms with van der Waals surface area (Å²) >= 11 is 0. The highest BCUT2D eigenvalue weighted by Gasteiger charge is 2.32. The van der Waals surface area contributed by atoms with Gasteiger partial charge in [-0.15, -0.1) is 0 Å². The molecule has 1 fully saturated rings. The van der Waals surface area contributed by atoms with E-state index in [1.165, 1.54) is 4.31 Å². The van der Waals surface area contributed by atoms with Gasteiger partial charge in [-0.3, -0.25) is 14.1 Å². The van der Waals surface area contributed by atoms with Gasteiger partial charge in [0.15, 0.2) is 0 Å². The Morgan fingerprint density at radius 2 is 1.84 bits per heavy atom. The second-order valence-electron chi connectivity index (χ2n) is 7.68. The second-order valence-corrected chi connectivity index (χ2v) is 9.70. The highest BCUT2D eigenvalue weighted by atomic mass is 32.2. The van der Waals surface area contributed by atoms with Crippen molar-refractivity contribution >= 4 is 38.2 Å². The maximum Gasteiger partial charge on any atom is 0.255 e. The Kier molecular flexibility index (Phi) is 4.86. The van der Waals surface area contributed by atoms with Crippen LogP contribution >= 0.6 is 0 Å². The highest BCUT2D eigenvalue weighted by Crippen LogP contribution is 2.28. The molecule has 1 aliphatic heterocycles. The van der Waals surface area contributed by atoms with E-state index in [1.54, 1.807) is 36.7 Å². The molecule has 3 heterocycles. The maximum absolute atomic E-state index is 12.7. The number of sulfonamides is 1. The van der Waals surface area contributed by atoms with Gasteiger partial charge in [0.2, 0.25) is 10.0 Å². The number of carbonyl (C=O) groups is 1. The Morgan fingerprint density at radius 3 is 2.56 bits per heavy atom. The monoisotopic (exact) mass is 444 g/mol. The lowest BCUT2D eigenvalue weighted by Gasteiger charge is -2.32. The van der Waals surface area contributed by atoms with Crippen LogP contribution in [0.25, 0.3) is 22.2 Å². The number of pyridine rings is 2. The number of nitrogens with one attached hydrogen (secondary N) is 1. The molecule has 0 bridgehead atoms. The van der Waals surface area contributed by atoms with Gasteiger partial charge in [0.25, 0.3) is 5.91 Å². The fourth-order valence-electron chi connectivity index (χ4n) is 3.69. The van der Waals surface area contributed by atoms with Crippen LogP contribution in [0.3, 0.4) is 0 Å². The first-order valence-corrected chi connectivity index (χ1v) is 11.8. The Labute approximate surface area is 185 Å². The molecule has 1 saturated heterocycles. The summed E-state index contributed by atoms with van der Waals surface area (Å²) in [5, 5.41) is 3.88. The van der Waals surface area contributed by atoms with E-state index in [-0.39, 0.29) is 11.7 Å². The van der Waals surface area contributed by atoms with Crippen LogP contribution in [0, 0.1) is 6.92 Å². The highest BCUT2D eigenvalue weighted by molar-refractivity contribution is 7.94. The summed E-state index contributed by atoms with van der Waals surface area (Å²) in [6, 6.07) is 18.1. The SMILES string of the molecule is Cc1ccc(NC(=O)c2ccc(N3CCS3(=O)=O)cc2)cc1-c1ccc2cnccc2n1. The van der Waals surface area contributed by atoms with Gasteiger partial charge in [0.1, 0.15) is 0 Å². The topological polar surface area (TPSA) is 92.3 Å². The molecule has 1 N–H and O–H groups in total. The summed E-state index contributed by atoms with van der Waals surface area (Å²) in [6.07, 6.45) is 3.49. The molecule has 2 aromatic carbocycles. The summed E-state index contributed by atoms with van der Waals surface area (Å²) in [7, 11) is -3.18. The summed E-state index contributed by atoms with van der Waals surface area (Å²) in [5.74, 6) is -0.108. The average molecular weight is 445 g/mol. The van der Waals surface area contributed by atoms with Crippen molar-refractivity contribution in [1.29, 1.82) is 0 Å². The van der Waals surface area contributed by atoms with E-state index in [2.05, 4.69) is 10.3 Å². The number of hydrogen-bond donors (Lipinski definition) is 1. The van der Waals surface area contributed by atoms with Gasteiger partial charge < -0.3 is 5.32 Å². The van der Waals surface area contributed by atoms with Gasteiger partial charge in [-0.25, -0.2) is 13.4 Å². The first-order valence-electron chi connectivity index (χ1n) is 10.1. The lowest BCUT2D eigenvalue weighted by molar-refractivity contribution is 0.102. The van der Waals surface area contributed by atoms with Crippen molar-refractivity contribution in [3.05, 3.63) is 84.2 Å². The normalized spacial score (nSPS) is 14.7. The van der Waals surface area contributed by atoms with E-state index in [1.807, 2.05) is 43.3 Å². The zero-order valence-corrected chi connectivity index (χ0v) is 18.1. The molecule has 4 aromatic rings. The van der Waals surface area contributed by atoms with Gasteiger partial charge in [0.05, 0.1) is 22.7 Å². The summed E-state index contributed by atoms with van der Waals surface area (Å²) in [5.41, 5.74) is 5.33. The first-order chi connectivity index (χ1) is 15.4. The predicted octanol–water partition coefficient (Wildman–Crippen LogP) is 4.01. The molecule has 160 valence electrons. The van der Waals surface area contributed by atoms with E-state index >= 15 is 0 Å². The third kappa shape index (κ3) is 3.69. The zero-order valence-electron chi connectivity index (χ0n) is 17.3. The molecular formula is C24H20N4O3S. The number of aromatic nitrogens is 2. The van der Waals surface area contributed by atoms with Crippen molar-refractivity contribution in [3.8, 4) is 11.3 Å². The van der Waals surface area contributed by atoms with Crippen LogP contribution in [-0.4, -0.2) is 36.6 Å². The molecular weight excluding hydrogens is 424 g/mol. The molecule has 0 unspecified atom stereocenters. The fraction of sp³-hybridized carbons (Fsp3) is 0.125. The third-order valence-corrected chi connectivity index (χ3v) is 7.33. The van der Waals surface area contributed by atoms with Crippen LogP contribution in [-0.2, 0) is 10.0 Å². The van der Waals surface area contributed by atoms with Crippen molar-refractivity contribution in [2.75, 3.05) is 21.9 Å². The number of benzene rings is 2. The molecule has 0 atom stereocenters. The number of anilines is 2. The van der Waals surface area contributed by atoms with Crippen molar-refractivity contribution < 1.29 is 13.2 Å². The number of nitrogens with zero attached hydrogens (tertiary/aromatic N) is 3. The molecule has 0 radical (unpaired) electrons. The second kappa shape index (κ2) is 7.72. The number of rotatable bonds is 4. The fourth-order valence-corrected chi connectivity index (χ4v) is 4.80. The molecule has 5 rings (SSSR count). The Balaban J connectivity index is 1.38. The van der Waals surface area contributed by atoms with Crippen LogP contribution in [0.1, 0.15) is 15.9 Å². The number of amides is 1. The molecule has 8 heteroatoms. The predicted molar refractivity (Wildman–Crippen MR) is 125 cm³/mol. The van der Waals surface area contributed by atoms with Crippen molar-refractivity contribution in [2.24, 2.45) is 0 Å². The molecule has 1 aliphatic rings. The molecule has 1 amide bonds. The smallest absolute Gasteiger partial charge is 0.255 e. The molecule has 7 nitrogen and oxygen atoms in total. The van der Waals surface area contributed by atoms with E-state index in [0.29, 0.717) is 23.5 Å². The summed E-state index contributed by atoms with van der Waals surface area (Å²) in [4.78, 5) is 21.6. The largest absolute Gasteiger partial charge is 0.322 e.